The first kappa shape index (κ1) is 15.0. The van der Waals surface area contributed by atoms with Crippen LogP contribution in [0, 0.1) is 5.41 Å². The number of piperidine rings is 1. The molecule has 2 saturated heterocycles. The lowest BCUT2D eigenvalue weighted by molar-refractivity contribution is -0.137. The number of nitrogens with zero attached hydrogens (tertiary/aromatic N) is 2. The number of hydrogen-bond donors (Lipinski definition) is 1. The lowest BCUT2D eigenvalue weighted by Gasteiger charge is -2.39. The number of carbonyl (C=O) groups is 2. The lowest BCUT2D eigenvalue weighted by atomic mass is 9.79. The van der Waals surface area contributed by atoms with E-state index < -0.39 is 0 Å². The van der Waals surface area contributed by atoms with Crippen LogP contribution in [0.3, 0.4) is 0 Å². The van der Waals surface area contributed by atoms with Crippen molar-refractivity contribution in [2.24, 2.45) is 5.41 Å². The van der Waals surface area contributed by atoms with E-state index in [1.54, 1.807) is 18.3 Å². The molecular formula is C16H21N3O3. The average molecular weight is 303 g/mol. The van der Waals surface area contributed by atoms with Crippen molar-refractivity contribution in [3.8, 4) is 0 Å². The van der Waals surface area contributed by atoms with E-state index in [2.05, 4.69) is 10.3 Å². The zero-order valence-electron chi connectivity index (χ0n) is 12.6. The minimum Gasteiger partial charge on any atom is -0.381 e. The summed E-state index contributed by atoms with van der Waals surface area (Å²) >= 11 is 0. The van der Waals surface area contributed by atoms with Crippen LogP contribution in [0.15, 0.2) is 24.5 Å². The number of nitrogens with one attached hydrogen (secondary N) is 1. The molecule has 2 amide bonds. The van der Waals surface area contributed by atoms with E-state index in [0.29, 0.717) is 25.1 Å². The molecule has 0 saturated carbocycles. The maximum atomic E-state index is 12.0. The van der Waals surface area contributed by atoms with Crippen LogP contribution in [0.5, 0.6) is 0 Å². The van der Waals surface area contributed by atoms with E-state index >= 15 is 0 Å². The van der Waals surface area contributed by atoms with Gasteiger partial charge in [-0.2, -0.15) is 0 Å². The van der Waals surface area contributed by atoms with Crippen LogP contribution in [0.2, 0.25) is 0 Å². The average Bonchev–Trinajstić information content (AvgIpc) is 3.00. The molecule has 2 aliphatic rings. The molecule has 1 unspecified atom stereocenters. The van der Waals surface area contributed by atoms with Gasteiger partial charge in [-0.05, 0) is 25.0 Å². The van der Waals surface area contributed by atoms with Crippen LogP contribution in [0.1, 0.15) is 29.6 Å². The van der Waals surface area contributed by atoms with Gasteiger partial charge in [-0.25, -0.2) is 0 Å². The Morgan fingerprint density at radius 1 is 1.45 bits per heavy atom. The standard InChI is InChI=1S/C16H21N3O3/c20-14-3-4-16(5-9-22-12-16)11-19(14)8-7-18-15(21)13-2-1-6-17-10-13/h1-2,6,10H,3-5,7-9,11-12H2,(H,18,21). The van der Waals surface area contributed by atoms with Gasteiger partial charge in [-0.1, -0.05) is 0 Å². The Morgan fingerprint density at radius 3 is 3.09 bits per heavy atom. The number of carbonyl (C=O) groups excluding carboxylic acids is 2. The molecular weight excluding hydrogens is 282 g/mol. The smallest absolute Gasteiger partial charge is 0.252 e. The van der Waals surface area contributed by atoms with E-state index in [-0.39, 0.29) is 17.2 Å². The van der Waals surface area contributed by atoms with Gasteiger partial charge in [0.25, 0.3) is 5.91 Å². The molecule has 1 spiro atoms. The van der Waals surface area contributed by atoms with Gasteiger partial charge in [0.05, 0.1) is 12.2 Å². The Kier molecular flexibility index (Phi) is 4.38. The maximum Gasteiger partial charge on any atom is 0.252 e. The van der Waals surface area contributed by atoms with Crippen molar-refractivity contribution in [3.05, 3.63) is 30.1 Å². The van der Waals surface area contributed by atoms with Crippen molar-refractivity contribution in [2.45, 2.75) is 19.3 Å². The number of amides is 2. The highest BCUT2D eigenvalue weighted by Crippen LogP contribution is 2.37. The van der Waals surface area contributed by atoms with Crippen molar-refractivity contribution in [1.82, 2.24) is 15.2 Å². The molecule has 0 aromatic carbocycles. The zero-order chi connectivity index (χ0) is 15.4. The molecule has 0 aliphatic carbocycles. The Balaban J connectivity index is 1.50. The molecule has 1 aromatic heterocycles. The predicted octanol–water partition coefficient (Wildman–Crippen LogP) is 0.840. The zero-order valence-corrected chi connectivity index (χ0v) is 12.6. The molecule has 118 valence electrons. The number of aromatic nitrogens is 1. The first-order valence-electron chi connectivity index (χ1n) is 7.72. The fourth-order valence-electron chi connectivity index (χ4n) is 3.18. The van der Waals surface area contributed by atoms with Crippen molar-refractivity contribution in [1.29, 1.82) is 0 Å². The second-order valence-electron chi connectivity index (χ2n) is 6.12. The van der Waals surface area contributed by atoms with Crippen molar-refractivity contribution in [3.63, 3.8) is 0 Å². The Bertz CT molecular complexity index is 541. The minimum absolute atomic E-state index is 0.140. The number of likely N-dealkylation sites (tertiary alicyclic amines) is 1. The quantitative estimate of drug-likeness (QED) is 0.895. The van der Waals surface area contributed by atoms with Gasteiger partial charge in [-0.15, -0.1) is 0 Å². The largest absolute Gasteiger partial charge is 0.381 e. The van der Waals surface area contributed by atoms with Crippen molar-refractivity contribution < 1.29 is 14.3 Å². The third kappa shape index (κ3) is 3.27. The summed E-state index contributed by atoms with van der Waals surface area (Å²) in [6.45, 7) is 3.29. The SMILES string of the molecule is O=C(NCCN1CC2(CCOC2)CCC1=O)c1cccnc1. The molecule has 0 radical (unpaired) electrons. The third-order valence-electron chi connectivity index (χ3n) is 4.52. The third-order valence-corrected chi connectivity index (χ3v) is 4.52. The van der Waals surface area contributed by atoms with E-state index in [1.165, 1.54) is 6.20 Å². The van der Waals surface area contributed by atoms with E-state index in [1.807, 2.05) is 4.90 Å². The van der Waals surface area contributed by atoms with Crippen LogP contribution < -0.4 is 5.32 Å². The summed E-state index contributed by atoms with van der Waals surface area (Å²) in [7, 11) is 0. The van der Waals surface area contributed by atoms with Gasteiger partial charge >= 0.3 is 0 Å². The highest BCUT2D eigenvalue weighted by molar-refractivity contribution is 5.93. The summed E-state index contributed by atoms with van der Waals surface area (Å²) in [4.78, 5) is 29.8. The van der Waals surface area contributed by atoms with Gasteiger partial charge in [0.15, 0.2) is 0 Å². The molecule has 1 N–H and O–H groups in total. The summed E-state index contributed by atoms with van der Waals surface area (Å²) in [5, 5.41) is 2.84. The fraction of sp³-hybridized carbons (Fsp3) is 0.562. The molecule has 1 atom stereocenters. The van der Waals surface area contributed by atoms with Gasteiger partial charge in [0, 0.05) is 50.5 Å². The molecule has 6 nitrogen and oxygen atoms in total. The first-order valence-corrected chi connectivity index (χ1v) is 7.72. The van der Waals surface area contributed by atoms with Crippen molar-refractivity contribution in [2.75, 3.05) is 32.8 Å². The number of hydrogen-bond acceptors (Lipinski definition) is 4. The minimum atomic E-state index is -0.156. The molecule has 1 aromatic rings. The topological polar surface area (TPSA) is 71.5 Å². The normalized spacial score (nSPS) is 24.7. The second-order valence-corrected chi connectivity index (χ2v) is 6.12. The molecule has 3 rings (SSSR count). The van der Waals surface area contributed by atoms with Crippen LogP contribution >= 0.6 is 0 Å². The van der Waals surface area contributed by atoms with Crippen LogP contribution in [0.4, 0.5) is 0 Å². The summed E-state index contributed by atoms with van der Waals surface area (Å²) < 4.78 is 5.51. The number of pyridine rings is 1. The molecule has 6 heteroatoms. The van der Waals surface area contributed by atoms with Gasteiger partial charge < -0.3 is 15.0 Å². The summed E-state index contributed by atoms with van der Waals surface area (Å²) in [5.41, 5.74) is 0.675. The van der Waals surface area contributed by atoms with Gasteiger partial charge in [-0.3, -0.25) is 14.6 Å². The Morgan fingerprint density at radius 2 is 2.36 bits per heavy atom. The number of ether oxygens (including phenoxy) is 1. The molecule has 22 heavy (non-hydrogen) atoms. The highest BCUT2D eigenvalue weighted by atomic mass is 16.5. The summed E-state index contributed by atoms with van der Waals surface area (Å²) in [5.74, 6) is 0.0182. The molecule has 3 heterocycles. The van der Waals surface area contributed by atoms with E-state index in [9.17, 15) is 9.59 Å². The fourth-order valence-corrected chi connectivity index (χ4v) is 3.18. The predicted molar refractivity (Wildman–Crippen MR) is 80.3 cm³/mol. The summed E-state index contributed by atoms with van der Waals surface area (Å²) in [6, 6.07) is 3.45. The van der Waals surface area contributed by atoms with Gasteiger partial charge in [0.2, 0.25) is 5.91 Å². The van der Waals surface area contributed by atoms with Crippen molar-refractivity contribution >= 4 is 11.8 Å². The van der Waals surface area contributed by atoms with E-state index in [0.717, 1.165) is 32.6 Å². The lowest BCUT2D eigenvalue weighted by Crippen LogP contribution is -2.49. The van der Waals surface area contributed by atoms with Gasteiger partial charge in [0.1, 0.15) is 0 Å². The highest BCUT2D eigenvalue weighted by Gasteiger charge is 2.41. The Labute approximate surface area is 129 Å². The van der Waals surface area contributed by atoms with Crippen LogP contribution in [0.25, 0.3) is 0 Å². The molecule has 0 bridgehead atoms. The maximum absolute atomic E-state index is 12.0. The molecule has 2 aliphatic heterocycles. The first-order chi connectivity index (χ1) is 10.7. The monoisotopic (exact) mass is 303 g/mol. The number of rotatable bonds is 4. The van der Waals surface area contributed by atoms with Crippen LogP contribution in [-0.4, -0.2) is 54.5 Å². The van der Waals surface area contributed by atoms with Crippen LogP contribution in [-0.2, 0) is 9.53 Å². The molecule has 2 fully saturated rings. The summed E-state index contributed by atoms with van der Waals surface area (Å²) in [6.07, 6.45) is 5.70. The Hall–Kier alpha value is -1.95. The second kappa shape index (κ2) is 6.44. The van der Waals surface area contributed by atoms with E-state index in [4.69, 9.17) is 4.74 Å².